The molecule has 0 saturated heterocycles. The van der Waals surface area contributed by atoms with E-state index in [1.165, 1.54) is 0 Å². The van der Waals surface area contributed by atoms with Crippen LogP contribution in [0.1, 0.15) is 18.1 Å². The highest BCUT2D eigenvalue weighted by Gasteiger charge is 2.15. The molecule has 0 heterocycles. The largest absolute Gasteiger partial charge is 0.371 e. The summed E-state index contributed by atoms with van der Waals surface area (Å²) in [5, 5.41) is 0. The number of hydrogen-bond acceptors (Lipinski definition) is 2. The van der Waals surface area contributed by atoms with Gasteiger partial charge >= 0.3 is 0 Å². The van der Waals surface area contributed by atoms with Gasteiger partial charge in [0.15, 0.2) is 0 Å². The van der Waals surface area contributed by atoms with Crippen molar-refractivity contribution in [3.8, 4) is 0 Å². The van der Waals surface area contributed by atoms with Gasteiger partial charge in [-0.05, 0) is 18.1 Å². The second-order valence-electron chi connectivity index (χ2n) is 5.00. The lowest BCUT2D eigenvalue weighted by molar-refractivity contribution is -0.0554. The fourth-order valence-electron chi connectivity index (χ4n) is 2.06. The van der Waals surface area contributed by atoms with E-state index in [1.54, 1.807) is 6.08 Å². The maximum Gasteiger partial charge on any atom is 0.102 e. The van der Waals surface area contributed by atoms with Crippen LogP contribution < -0.4 is 0 Å². The normalized spacial score (nSPS) is 13.6. The molecule has 0 N–H and O–H groups in total. The Bertz CT molecular complexity index is 522. The van der Waals surface area contributed by atoms with Gasteiger partial charge in [-0.3, -0.25) is 0 Å². The summed E-state index contributed by atoms with van der Waals surface area (Å²) in [5.41, 5.74) is 2.31. The molecule has 2 unspecified atom stereocenters. The maximum absolute atomic E-state index is 5.88. The van der Waals surface area contributed by atoms with Gasteiger partial charge in [0.2, 0.25) is 0 Å². The molecular formula is C19H22O2. The van der Waals surface area contributed by atoms with Gasteiger partial charge in [0.25, 0.3) is 0 Å². The Morgan fingerprint density at radius 1 is 0.857 bits per heavy atom. The summed E-state index contributed by atoms with van der Waals surface area (Å²) in [6, 6.07) is 20.3. The molecule has 2 heteroatoms. The number of ether oxygens (including phenoxy) is 2. The SMILES string of the molecule is C=CC(OCc1ccccc1)C(C)OCc1ccccc1. The van der Waals surface area contributed by atoms with E-state index in [-0.39, 0.29) is 12.2 Å². The fraction of sp³-hybridized carbons (Fsp3) is 0.263. The summed E-state index contributed by atoms with van der Waals surface area (Å²) in [6.45, 7) is 7.01. The van der Waals surface area contributed by atoms with Crippen molar-refractivity contribution in [1.82, 2.24) is 0 Å². The second-order valence-corrected chi connectivity index (χ2v) is 5.00. The zero-order chi connectivity index (χ0) is 14.9. The molecule has 0 aliphatic carbocycles. The fourth-order valence-corrected chi connectivity index (χ4v) is 2.06. The van der Waals surface area contributed by atoms with Gasteiger partial charge < -0.3 is 9.47 Å². The van der Waals surface area contributed by atoms with Crippen molar-refractivity contribution in [3.63, 3.8) is 0 Å². The van der Waals surface area contributed by atoms with Gasteiger partial charge in [0.1, 0.15) is 6.10 Å². The first-order valence-corrected chi connectivity index (χ1v) is 7.23. The number of hydrogen-bond donors (Lipinski definition) is 0. The molecule has 0 aliphatic heterocycles. The van der Waals surface area contributed by atoms with Gasteiger partial charge in [0.05, 0.1) is 19.3 Å². The summed E-state index contributed by atoms with van der Waals surface area (Å²) in [7, 11) is 0. The summed E-state index contributed by atoms with van der Waals surface area (Å²) in [5.74, 6) is 0. The topological polar surface area (TPSA) is 18.5 Å². The average Bonchev–Trinajstić information content (AvgIpc) is 2.55. The molecule has 21 heavy (non-hydrogen) atoms. The molecule has 0 bridgehead atoms. The van der Waals surface area contributed by atoms with Gasteiger partial charge in [-0.15, -0.1) is 6.58 Å². The van der Waals surface area contributed by atoms with Crippen LogP contribution in [0.4, 0.5) is 0 Å². The maximum atomic E-state index is 5.88. The van der Waals surface area contributed by atoms with Crippen LogP contribution in [0.25, 0.3) is 0 Å². The van der Waals surface area contributed by atoms with Crippen molar-refractivity contribution in [2.75, 3.05) is 0 Å². The molecule has 2 aromatic carbocycles. The molecule has 2 nitrogen and oxygen atoms in total. The highest BCUT2D eigenvalue weighted by molar-refractivity contribution is 5.14. The van der Waals surface area contributed by atoms with Gasteiger partial charge in [-0.2, -0.15) is 0 Å². The van der Waals surface area contributed by atoms with Crippen LogP contribution in [0.2, 0.25) is 0 Å². The Kier molecular flexibility index (Phi) is 6.20. The van der Waals surface area contributed by atoms with Gasteiger partial charge in [-0.1, -0.05) is 66.7 Å². The summed E-state index contributed by atoms with van der Waals surface area (Å²) >= 11 is 0. The lowest BCUT2D eigenvalue weighted by atomic mass is 10.2. The lowest BCUT2D eigenvalue weighted by Gasteiger charge is -2.22. The van der Waals surface area contributed by atoms with Crippen molar-refractivity contribution in [2.24, 2.45) is 0 Å². The van der Waals surface area contributed by atoms with Crippen molar-refractivity contribution < 1.29 is 9.47 Å². The highest BCUT2D eigenvalue weighted by Crippen LogP contribution is 2.12. The molecule has 0 aliphatic rings. The van der Waals surface area contributed by atoms with E-state index >= 15 is 0 Å². The molecule has 2 rings (SSSR count). The number of rotatable bonds is 8. The predicted octanol–water partition coefficient (Wildman–Crippen LogP) is 4.36. The first-order valence-electron chi connectivity index (χ1n) is 7.23. The van der Waals surface area contributed by atoms with E-state index in [0.29, 0.717) is 13.2 Å². The van der Waals surface area contributed by atoms with Gasteiger partial charge in [0, 0.05) is 0 Å². The molecule has 0 aromatic heterocycles. The first-order chi connectivity index (χ1) is 10.3. The van der Waals surface area contributed by atoms with Crippen molar-refractivity contribution in [1.29, 1.82) is 0 Å². The van der Waals surface area contributed by atoms with E-state index in [1.807, 2.05) is 43.3 Å². The standard InChI is InChI=1S/C19H22O2/c1-3-19(21-15-18-12-8-5-9-13-18)16(2)20-14-17-10-6-4-7-11-17/h3-13,16,19H,1,14-15H2,2H3. The molecule has 0 radical (unpaired) electrons. The molecule has 0 saturated carbocycles. The minimum absolute atomic E-state index is 0.0357. The van der Waals surface area contributed by atoms with Crippen LogP contribution in [0.5, 0.6) is 0 Å². The third-order valence-corrected chi connectivity index (χ3v) is 3.34. The van der Waals surface area contributed by atoms with Crippen molar-refractivity contribution >= 4 is 0 Å². The Balaban J connectivity index is 1.81. The van der Waals surface area contributed by atoms with Crippen LogP contribution in [0, 0.1) is 0 Å². The summed E-state index contributed by atoms with van der Waals surface area (Å²) < 4.78 is 11.8. The van der Waals surface area contributed by atoms with E-state index < -0.39 is 0 Å². The molecule has 2 aromatic rings. The highest BCUT2D eigenvalue weighted by atomic mass is 16.5. The zero-order valence-corrected chi connectivity index (χ0v) is 12.4. The third-order valence-electron chi connectivity index (χ3n) is 3.34. The molecular weight excluding hydrogens is 260 g/mol. The average molecular weight is 282 g/mol. The Hall–Kier alpha value is -1.90. The monoisotopic (exact) mass is 282 g/mol. The minimum Gasteiger partial charge on any atom is -0.371 e. The predicted molar refractivity (Wildman–Crippen MR) is 85.9 cm³/mol. The second kappa shape index (κ2) is 8.40. The molecule has 0 spiro atoms. The molecule has 0 amide bonds. The Morgan fingerprint density at radius 2 is 1.33 bits per heavy atom. The van der Waals surface area contributed by atoms with E-state index in [2.05, 4.69) is 30.8 Å². The van der Waals surface area contributed by atoms with Crippen molar-refractivity contribution in [3.05, 3.63) is 84.4 Å². The van der Waals surface area contributed by atoms with Crippen LogP contribution in [-0.4, -0.2) is 12.2 Å². The van der Waals surface area contributed by atoms with E-state index in [0.717, 1.165) is 11.1 Å². The molecule has 2 atom stereocenters. The summed E-state index contributed by atoms with van der Waals surface area (Å²) in [6.07, 6.45) is 1.65. The molecule has 0 fully saturated rings. The van der Waals surface area contributed by atoms with E-state index in [9.17, 15) is 0 Å². The van der Waals surface area contributed by atoms with Gasteiger partial charge in [-0.25, -0.2) is 0 Å². The smallest absolute Gasteiger partial charge is 0.102 e. The lowest BCUT2D eigenvalue weighted by Crippen LogP contribution is -2.27. The summed E-state index contributed by atoms with van der Waals surface area (Å²) in [4.78, 5) is 0. The first kappa shape index (κ1) is 15.5. The third kappa shape index (κ3) is 5.18. The van der Waals surface area contributed by atoms with Crippen molar-refractivity contribution in [2.45, 2.75) is 32.3 Å². The zero-order valence-electron chi connectivity index (χ0n) is 12.4. The Labute approximate surface area is 127 Å². The van der Waals surface area contributed by atoms with Crippen LogP contribution in [0.15, 0.2) is 73.3 Å². The quantitative estimate of drug-likeness (QED) is 0.670. The number of benzene rings is 2. The van der Waals surface area contributed by atoms with Crippen LogP contribution in [0.3, 0.4) is 0 Å². The minimum atomic E-state index is -0.117. The Morgan fingerprint density at radius 3 is 1.81 bits per heavy atom. The van der Waals surface area contributed by atoms with E-state index in [4.69, 9.17) is 9.47 Å². The molecule has 110 valence electrons. The van der Waals surface area contributed by atoms with Crippen LogP contribution in [-0.2, 0) is 22.7 Å². The van der Waals surface area contributed by atoms with Crippen LogP contribution >= 0.6 is 0 Å².